The van der Waals surface area contributed by atoms with E-state index in [1.165, 1.54) is 0 Å². The Morgan fingerprint density at radius 3 is 2.79 bits per heavy atom. The zero-order chi connectivity index (χ0) is 10.6. The smallest absolute Gasteiger partial charge is 0.0988 e. The largest absolute Gasteiger partial charge is 0.371 e. The van der Waals surface area contributed by atoms with Gasteiger partial charge in [0.2, 0.25) is 0 Å². The maximum absolute atomic E-state index is 8.67. The zero-order valence-corrected chi connectivity index (χ0v) is 9.08. The van der Waals surface area contributed by atoms with Crippen molar-refractivity contribution in [2.24, 2.45) is 5.92 Å². The second-order valence-electron chi connectivity index (χ2n) is 4.33. The van der Waals surface area contributed by atoms with E-state index in [9.17, 15) is 0 Å². The molecule has 0 saturated heterocycles. The third-order valence-electron chi connectivity index (χ3n) is 2.22. The summed E-state index contributed by atoms with van der Waals surface area (Å²) in [7, 11) is 0. The van der Waals surface area contributed by atoms with Crippen molar-refractivity contribution in [1.29, 1.82) is 5.26 Å². The van der Waals surface area contributed by atoms with Gasteiger partial charge in [-0.1, -0.05) is 26.0 Å². The first-order valence-electron chi connectivity index (χ1n) is 4.99. The molecule has 0 spiro atoms. The lowest BCUT2D eigenvalue weighted by atomic mass is 9.94. The van der Waals surface area contributed by atoms with Crippen LogP contribution in [0.4, 0.5) is 0 Å². The molecule has 1 unspecified atom stereocenters. The Bertz CT molecular complexity index is 296. The van der Waals surface area contributed by atoms with Crippen molar-refractivity contribution in [3.05, 3.63) is 23.8 Å². The molecule has 1 atom stereocenters. The van der Waals surface area contributed by atoms with Crippen LogP contribution >= 0.6 is 0 Å². The third-order valence-corrected chi connectivity index (χ3v) is 2.22. The van der Waals surface area contributed by atoms with Crippen molar-refractivity contribution >= 4 is 0 Å². The SMILES string of the molecule is CC(C)COC1(C)C=CC(C#N)=CC1. The van der Waals surface area contributed by atoms with Crippen LogP contribution in [0, 0.1) is 17.2 Å². The molecule has 0 heterocycles. The Hall–Kier alpha value is -1.07. The maximum atomic E-state index is 8.67. The first-order valence-corrected chi connectivity index (χ1v) is 4.99. The molecule has 2 heteroatoms. The second kappa shape index (κ2) is 4.43. The van der Waals surface area contributed by atoms with Gasteiger partial charge in [0.25, 0.3) is 0 Å². The highest BCUT2D eigenvalue weighted by Gasteiger charge is 2.23. The molecule has 0 bridgehead atoms. The van der Waals surface area contributed by atoms with Crippen molar-refractivity contribution < 1.29 is 4.74 Å². The molecule has 0 amide bonds. The molecule has 0 radical (unpaired) electrons. The van der Waals surface area contributed by atoms with Crippen molar-refractivity contribution in [2.75, 3.05) is 6.61 Å². The van der Waals surface area contributed by atoms with Crippen molar-refractivity contribution in [2.45, 2.75) is 32.8 Å². The number of nitrogens with zero attached hydrogens (tertiary/aromatic N) is 1. The topological polar surface area (TPSA) is 33.0 Å². The van der Waals surface area contributed by atoms with Crippen molar-refractivity contribution in [3.63, 3.8) is 0 Å². The van der Waals surface area contributed by atoms with Gasteiger partial charge in [0.15, 0.2) is 0 Å². The van der Waals surface area contributed by atoms with Crippen LogP contribution in [-0.2, 0) is 4.74 Å². The summed E-state index contributed by atoms with van der Waals surface area (Å²) in [6.45, 7) is 7.08. The van der Waals surface area contributed by atoms with Crippen LogP contribution in [0.5, 0.6) is 0 Å². The van der Waals surface area contributed by atoms with Gasteiger partial charge in [0, 0.05) is 5.57 Å². The predicted molar refractivity (Wildman–Crippen MR) is 56.6 cm³/mol. The van der Waals surface area contributed by atoms with E-state index in [-0.39, 0.29) is 5.60 Å². The lowest BCUT2D eigenvalue weighted by Crippen LogP contribution is -2.28. The minimum absolute atomic E-state index is 0.218. The van der Waals surface area contributed by atoms with Gasteiger partial charge in [0.05, 0.1) is 18.3 Å². The Balaban J connectivity index is 2.52. The Morgan fingerprint density at radius 2 is 2.36 bits per heavy atom. The van der Waals surface area contributed by atoms with Crippen LogP contribution < -0.4 is 0 Å². The van der Waals surface area contributed by atoms with Crippen LogP contribution in [0.1, 0.15) is 27.2 Å². The first kappa shape index (κ1) is 11.0. The van der Waals surface area contributed by atoms with Crippen molar-refractivity contribution in [3.8, 4) is 6.07 Å². The molecule has 0 fully saturated rings. The molecule has 2 nitrogen and oxygen atoms in total. The number of ether oxygens (including phenoxy) is 1. The molecule has 0 aromatic carbocycles. The molecule has 1 rings (SSSR count). The van der Waals surface area contributed by atoms with Crippen molar-refractivity contribution in [1.82, 2.24) is 0 Å². The molecule has 0 aromatic rings. The van der Waals surface area contributed by atoms with Crippen LogP contribution in [0.25, 0.3) is 0 Å². The summed E-state index contributed by atoms with van der Waals surface area (Å²) in [5, 5.41) is 8.67. The average molecular weight is 191 g/mol. The van der Waals surface area contributed by atoms with Gasteiger partial charge in [-0.05, 0) is 25.3 Å². The number of allylic oxidation sites excluding steroid dienone is 2. The summed E-state index contributed by atoms with van der Waals surface area (Å²) in [5.41, 5.74) is 0.514. The fourth-order valence-corrected chi connectivity index (χ4v) is 1.26. The van der Waals surface area contributed by atoms with E-state index >= 15 is 0 Å². The minimum atomic E-state index is -0.218. The molecule has 0 aromatic heterocycles. The molecule has 0 N–H and O–H groups in total. The molecule has 14 heavy (non-hydrogen) atoms. The second-order valence-corrected chi connectivity index (χ2v) is 4.33. The fraction of sp³-hybridized carbons (Fsp3) is 0.583. The highest BCUT2D eigenvalue weighted by molar-refractivity contribution is 5.37. The van der Waals surface area contributed by atoms with E-state index in [0.717, 1.165) is 18.6 Å². The van der Waals surface area contributed by atoms with E-state index in [1.54, 1.807) is 0 Å². The molecule has 0 aliphatic heterocycles. The highest BCUT2D eigenvalue weighted by atomic mass is 16.5. The first-order chi connectivity index (χ1) is 6.56. The number of hydrogen-bond acceptors (Lipinski definition) is 2. The Morgan fingerprint density at radius 1 is 1.64 bits per heavy atom. The summed E-state index contributed by atoms with van der Waals surface area (Å²) in [5.74, 6) is 0.543. The molecule has 1 aliphatic rings. The highest BCUT2D eigenvalue weighted by Crippen LogP contribution is 2.24. The van der Waals surface area contributed by atoms with E-state index < -0.39 is 0 Å². The molecule has 76 valence electrons. The standard InChI is InChI=1S/C12H17NO/c1-10(2)9-14-12(3)6-4-11(8-13)5-7-12/h4-6,10H,7,9H2,1-3H3. The van der Waals surface area contributed by atoms with E-state index in [4.69, 9.17) is 10.00 Å². The lowest BCUT2D eigenvalue weighted by Gasteiger charge is -2.28. The molecular weight excluding hydrogens is 174 g/mol. The summed E-state index contributed by atoms with van der Waals surface area (Å²) in [6, 6.07) is 2.13. The number of hydrogen-bond donors (Lipinski definition) is 0. The van der Waals surface area contributed by atoms with E-state index in [0.29, 0.717) is 5.92 Å². The van der Waals surface area contributed by atoms with Gasteiger partial charge in [-0.3, -0.25) is 0 Å². The summed E-state index contributed by atoms with van der Waals surface area (Å²) in [6.07, 6.45) is 6.54. The average Bonchev–Trinajstić information content (AvgIpc) is 2.16. The Kier molecular flexibility index (Phi) is 3.49. The quantitative estimate of drug-likeness (QED) is 0.687. The number of nitriles is 1. The van der Waals surface area contributed by atoms with Crippen LogP contribution in [0.3, 0.4) is 0 Å². The maximum Gasteiger partial charge on any atom is 0.0988 e. The summed E-state index contributed by atoms with van der Waals surface area (Å²) >= 11 is 0. The van der Waals surface area contributed by atoms with Gasteiger partial charge >= 0.3 is 0 Å². The van der Waals surface area contributed by atoms with Gasteiger partial charge in [-0.25, -0.2) is 0 Å². The van der Waals surface area contributed by atoms with Gasteiger partial charge in [0.1, 0.15) is 0 Å². The van der Waals surface area contributed by atoms with Gasteiger partial charge < -0.3 is 4.74 Å². The van der Waals surface area contributed by atoms with Crippen LogP contribution in [-0.4, -0.2) is 12.2 Å². The lowest BCUT2D eigenvalue weighted by molar-refractivity contribution is -0.00764. The molecular formula is C12H17NO. The van der Waals surface area contributed by atoms with E-state index in [2.05, 4.69) is 26.8 Å². The van der Waals surface area contributed by atoms with Crippen LogP contribution in [0.15, 0.2) is 23.8 Å². The zero-order valence-electron chi connectivity index (χ0n) is 9.08. The van der Waals surface area contributed by atoms with Gasteiger partial charge in [-0.15, -0.1) is 0 Å². The predicted octanol–water partition coefficient (Wildman–Crippen LogP) is 2.83. The van der Waals surface area contributed by atoms with E-state index in [1.807, 2.05) is 18.2 Å². The summed E-state index contributed by atoms with van der Waals surface area (Å²) < 4.78 is 5.78. The molecule has 0 saturated carbocycles. The van der Waals surface area contributed by atoms with Crippen LogP contribution in [0.2, 0.25) is 0 Å². The summed E-state index contributed by atoms with van der Waals surface area (Å²) in [4.78, 5) is 0. The third kappa shape index (κ3) is 3.01. The van der Waals surface area contributed by atoms with Gasteiger partial charge in [-0.2, -0.15) is 5.26 Å². The Labute approximate surface area is 85.9 Å². The normalized spacial score (nSPS) is 26.1. The number of rotatable bonds is 3. The minimum Gasteiger partial charge on any atom is -0.371 e. The monoisotopic (exact) mass is 191 g/mol. The fourth-order valence-electron chi connectivity index (χ4n) is 1.26. The molecule has 1 aliphatic carbocycles.